The fraction of sp³-hybridized carbons (Fsp3) is 0.286. The number of hydrogen-bond acceptors (Lipinski definition) is 2. The fourth-order valence-corrected chi connectivity index (χ4v) is 5.01. The van der Waals surface area contributed by atoms with E-state index in [2.05, 4.69) is 43.2 Å². The van der Waals surface area contributed by atoms with Gasteiger partial charge in [0.05, 0.1) is 20.5 Å². The Morgan fingerprint density at radius 1 is 1.26 bits per heavy atom. The third-order valence-electron chi connectivity index (χ3n) is 3.34. The average molecular weight is 422 g/mol. The number of rotatable bonds is 2. The Morgan fingerprint density at radius 3 is 2.89 bits per heavy atom. The fourth-order valence-electron chi connectivity index (χ4n) is 2.47. The molecule has 1 aromatic carbocycles. The highest BCUT2D eigenvalue weighted by molar-refractivity contribution is 9.11. The maximum Gasteiger partial charge on any atom is 0.0705 e. The molecule has 0 bridgehead atoms. The summed E-state index contributed by atoms with van der Waals surface area (Å²) >= 11 is 15.2. The maximum absolute atomic E-state index is 6.28. The zero-order valence-electron chi connectivity index (χ0n) is 10.1. The van der Waals surface area contributed by atoms with Crippen LogP contribution in [0, 0.1) is 0 Å². The maximum atomic E-state index is 6.28. The van der Waals surface area contributed by atoms with Crippen LogP contribution in [-0.4, -0.2) is 0 Å². The molecule has 5 heteroatoms. The topological polar surface area (TPSA) is 12.0 Å². The molecular weight excluding hydrogens is 409 g/mol. The van der Waals surface area contributed by atoms with Gasteiger partial charge in [-0.25, -0.2) is 0 Å². The largest absolute Gasteiger partial charge is 0.377 e. The van der Waals surface area contributed by atoms with Gasteiger partial charge in [0.1, 0.15) is 0 Å². The lowest BCUT2D eigenvalue weighted by atomic mass is 9.94. The van der Waals surface area contributed by atoms with Crippen molar-refractivity contribution in [2.24, 2.45) is 0 Å². The van der Waals surface area contributed by atoms with Crippen LogP contribution in [-0.2, 0) is 6.42 Å². The van der Waals surface area contributed by atoms with Gasteiger partial charge >= 0.3 is 0 Å². The molecule has 100 valence electrons. The van der Waals surface area contributed by atoms with Gasteiger partial charge in [0.2, 0.25) is 0 Å². The Balaban J connectivity index is 1.88. The summed E-state index contributed by atoms with van der Waals surface area (Å²) in [5.74, 6) is 0. The van der Waals surface area contributed by atoms with Crippen LogP contribution in [0.4, 0.5) is 5.69 Å². The van der Waals surface area contributed by atoms with Crippen LogP contribution >= 0.6 is 54.8 Å². The van der Waals surface area contributed by atoms with Crippen molar-refractivity contribution in [1.29, 1.82) is 0 Å². The van der Waals surface area contributed by atoms with E-state index in [0.717, 1.165) is 21.6 Å². The van der Waals surface area contributed by atoms with Crippen LogP contribution in [0.3, 0.4) is 0 Å². The van der Waals surface area contributed by atoms with Crippen molar-refractivity contribution in [3.05, 3.63) is 48.0 Å². The van der Waals surface area contributed by atoms with Crippen LogP contribution in [0.15, 0.2) is 32.5 Å². The summed E-state index contributed by atoms with van der Waals surface area (Å²) in [5.41, 5.74) is 2.42. The number of hydrogen-bond donors (Lipinski definition) is 1. The van der Waals surface area contributed by atoms with Crippen molar-refractivity contribution in [3.63, 3.8) is 0 Å². The van der Waals surface area contributed by atoms with Crippen LogP contribution in [0.5, 0.6) is 0 Å². The highest BCUT2D eigenvalue weighted by Crippen LogP contribution is 2.40. The third kappa shape index (κ3) is 3.02. The predicted molar refractivity (Wildman–Crippen MR) is 90.5 cm³/mol. The highest BCUT2D eigenvalue weighted by Gasteiger charge is 2.23. The Bertz CT molecular complexity index is 611. The van der Waals surface area contributed by atoms with E-state index >= 15 is 0 Å². The highest BCUT2D eigenvalue weighted by atomic mass is 79.9. The molecule has 0 amide bonds. The normalized spacial score (nSPS) is 18.2. The van der Waals surface area contributed by atoms with Gasteiger partial charge in [-0.1, -0.05) is 27.5 Å². The first-order chi connectivity index (χ1) is 9.13. The monoisotopic (exact) mass is 419 g/mol. The number of fused-ring (bicyclic) bond motifs is 1. The van der Waals surface area contributed by atoms with Crippen molar-refractivity contribution in [1.82, 2.24) is 0 Å². The Morgan fingerprint density at radius 2 is 2.11 bits per heavy atom. The number of nitrogens with one attached hydrogen (secondary N) is 1. The summed E-state index contributed by atoms with van der Waals surface area (Å²) in [4.78, 5) is 1.49. The molecule has 1 nitrogen and oxygen atoms in total. The van der Waals surface area contributed by atoms with E-state index in [4.69, 9.17) is 11.6 Å². The van der Waals surface area contributed by atoms with E-state index in [9.17, 15) is 0 Å². The lowest BCUT2D eigenvalue weighted by Gasteiger charge is -2.25. The molecule has 1 aliphatic carbocycles. The van der Waals surface area contributed by atoms with Gasteiger partial charge in [0, 0.05) is 9.35 Å². The molecule has 1 N–H and O–H groups in total. The first-order valence-electron chi connectivity index (χ1n) is 6.13. The second-order valence-corrected chi connectivity index (χ2v) is 8.48. The molecule has 1 atom stereocenters. The summed E-state index contributed by atoms with van der Waals surface area (Å²) < 4.78 is 2.22. The van der Waals surface area contributed by atoms with Gasteiger partial charge in [0.15, 0.2) is 0 Å². The molecule has 0 saturated carbocycles. The minimum Gasteiger partial charge on any atom is -0.377 e. The molecule has 0 radical (unpaired) electrons. The number of aryl methyl sites for hydroxylation is 1. The van der Waals surface area contributed by atoms with Crippen LogP contribution in [0.2, 0.25) is 5.02 Å². The van der Waals surface area contributed by atoms with E-state index in [1.54, 1.807) is 0 Å². The molecule has 0 aliphatic heterocycles. The van der Waals surface area contributed by atoms with E-state index in [0.29, 0.717) is 6.04 Å². The molecule has 2 aromatic rings. The van der Waals surface area contributed by atoms with Crippen LogP contribution in [0.25, 0.3) is 0 Å². The van der Waals surface area contributed by atoms with Gasteiger partial charge < -0.3 is 5.32 Å². The van der Waals surface area contributed by atoms with Gasteiger partial charge in [-0.05, 0) is 65.0 Å². The van der Waals surface area contributed by atoms with Crippen molar-refractivity contribution in [3.8, 4) is 0 Å². The lowest BCUT2D eigenvalue weighted by Crippen LogP contribution is -2.15. The SMILES string of the molecule is Clc1cc(Br)ccc1NC1CCCc2sc(Br)cc21. The molecule has 0 spiro atoms. The van der Waals surface area contributed by atoms with Crippen molar-refractivity contribution < 1.29 is 0 Å². The number of benzene rings is 1. The van der Waals surface area contributed by atoms with Gasteiger partial charge in [0.25, 0.3) is 0 Å². The minimum atomic E-state index is 0.366. The van der Waals surface area contributed by atoms with E-state index in [1.807, 2.05) is 29.5 Å². The second-order valence-electron chi connectivity index (χ2n) is 4.64. The Hall–Kier alpha value is -0.0300. The molecule has 1 heterocycles. The van der Waals surface area contributed by atoms with Crippen LogP contribution < -0.4 is 5.32 Å². The van der Waals surface area contributed by atoms with Crippen molar-refractivity contribution >= 4 is 60.5 Å². The zero-order valence-corrected chi connectivity index (χ0v) is 14.8. The molecule has 1 aliphatic rings. The molecule has 1 unspecified atom stereocenters. The molecule has 3 rings (SSSR count). The van der Waals surface area contributed by atoms with Gasteiger partial charge in [-0.2, -0.15) is 0 Å². The minimum absolute atomic E-state index is 0.366. The van der Waals surface area contributed by atoms with E-state index in [-0.39, 0.29) is 0 Å². The standard InChI is InChI=1S/C14H12Br2ClNS/c15-8-4-5-12(10(17)6-8)18-11-2-1-3-13-9(11)7-14(16)19-13/h4-7,11,18H,1-3H2. The summed E-state index contributed by atoms with van der Waals surface area (Å²) in [7, 11) is 0. The quantitative estimate of drug-likeness (QED) is 0.590. The summed E-state index contributed by atoms with van der Waals surface area (Å²) in [6, 6.07) is 8.58. The van der Waals surface area contributed by atoms with Crippen molar-refractivity contribution in [2.75, 3.05) is 5.32 Å². The Labute approximate surface area is 138 Å². The lowest BCUT2D eigenvalue weighted by molar-refractivity contribution is 0.609. The third-order valence-corrected chi connectivity index (χ3v) is 5.86. The first-order valence-corrected chi connectivity index (χ1v) is 8.91. The second kappa shape index (κ2) is 5.76. The van der Waals surface area contributed by atoms with E-state index in [1.165, 1.54) is 27.1 Å². The average Bonchev–Trinajstić information content (AvgIpc) is 2.74. The van der Waals surface area contributed by atoms with Gasteiger partial charge in [-0.15, -0.1) is 11.3 Å². The number of anilines is 1. The molecule has 19 heavy (non-hydrogen) atoms. The molecular formula is C14H12Br2ClNS. The Kier molecular flexibility index (Phi) is 4.22. The first kappa shape index (κ1) is 13.9. The summed E-state index contributed by atoms with van der Waals surface area (Å²) in [5, 5.41) is 4.34. The van der Waals surface area contributed by atoms with E-state index < -0.39 is 0 Å². The van der Waals surface area contributed by atoms with Crippen molar-refractivity contribution in [2.45, 2.75) is 25.3 Å². The number of halogens is 3. The molecule has 0 fully saturated rings. The van der Waals surface area contributed by atoms with Gasteiger partial charge in [-0.3, -0.25) is 0 Å². The molecule has 0 saturated heterocycles. The summed E-state index contributed by atoms with van der Waals surface area (Å²) in [6.45, 7) is 0. The predicted octanol–water partition coefficient (Wildman–Crippen LogP) is 6.42. The van der Waals surface area contributed by atoms with Crippen LogP contribution in [0.1, 0.15) is 29.3 Å². The molecule has 1 aromatic heterocycles. The zero-order chi connectivity index (χ0) is 13.4. The smallest absolute Gasteiger partial charge is 0.0705 e. The number of thiophene rings is 1. The summed E-state index contributed by atoms with van der Waals surface area (Å²) in [6.07, 6.45) is 3.58.